The fraction of sp³-hybridized carbons (Fsp3) is 0.615. The van der Waals surface area contributed by atoms with E-state index in [2.05, 4.69) is 20.3 Å². The van der Waals surface area contributed by atoms with Gasteiger partial charge in [0.25, 0.3) is 5.69 Å². The third-order valence-corrected chi connectivity index (χ3v) is 17.5. The number of non-ortho nitro benzene ring substituents is 1. The van der Waals surface area contributed by atoms with E-state index in [0.29, 0.717) is 50.0 Å². The molecule has 76 heavy (non-hydrogen) atoms. The smallest absolute Gasteiger partial charge is 0.411 e. The van der Waals surface area contributed by atoms with Gasteiger partial charge in [-0.25, -0.2) is 14.5 Å². The van der Waals surface area contributed by atoms with Gasteiger partial charge in [0.15, 0.2) is 21.8 Å². The number of nitro benzene ring substituents is 1. The number of pyridine rings is 1. The Morgan fingerprint density at radius 3 is 2.47 bits per heavy atom. The molecule has 3 N–H and O–H groups in total. The van der Waals surface area contributed by atoms with Crippen LogP contribution in [0.1, 0.15) is 90.6 Å². The first-order valence-electron chi connectivity index (χ1n) is 25.6. The van der Waals surface area contributed by atoms with Gasteiger partial charge in [-0.1, -0.05) is 19.1 Å². The van der Waals surface area contributed by atoms with E-state index in [-0.39, 0.29) is 17.9 Å². The molecule has 0 spiro atoms. The van der Waals surface area contributed by atoms with Crippen molar-refractivity contribution in [2.24, 2.45) is 23.7 Å². The molecule has 0 saturated carbocycles. The number of ketones is 2. The monoisotopic (exact) mass is 1170 g/mol. The Morgan fingerprint density at radius 1 is 1.07 bits per heavy atom. The number of alkyl halides is 1. The number of hydrogen-bond acceptors (Lipinski definition) is 19. The summed E-state index contributed by atoms with van der Waals surface area (Å²) in [5, 5.41) is 53.0. The number of cyclic esters (lactones) is 1. The predicted octanol–water partition coefficient (Wildman–Crippen LogP) is 4.65. The molecule has 4 aliphatic rings. The normalized spacial score (nSPS) is 33.0. The highest BCUT2D eigenvalue weighted by atomic mass is 127. The van der Waals surface area contributed by atoms with Crippen molar-refractivity contribution in [2.75, 3.05) is 27.3 Å². The van der Waals surface area contributed by atoms with Crippen LogP contribution < -0.4 is 0 Å². The molecule has 23 nitrogen and oxygen atoms in total. The molecule has 0 bridgehead atoms. The third kappa shape index (κ3) is 11.3. The van der Waals surface area contributed by atoms with Crippen LogP contribution in [0, 0.1) is 33.8 Å². The summed E-state index contributed by atoms with van der Waals surface area (Å²) >= 11 is 1.91. The summed E-state index contributed by atoms with van der Waals surface area (Å²) in [6.45, 7) is 10.5. The average molecular weight is 1170 g/mol. The number of aliphatic hydroxyl groups excluding tert-OH is 3. The number of carbonyl (C=O) groups is 4. The largest absolute Gasteiger partial charge is 0.447 e. The van der Waals surface area contributed by atoms with E-state index < -0.39 is 123 Å². The highest BCUT2D eigenvalue weighted by molar-refractivity contribution is 14.1. The van der Waals surface area contributed by atoms with Gasteiger partial charge in [0, 0.05) is 93.0 Å². The van der Waals surface area contributed by atoms with Gasteiger partial charge in [-0.2, -0.15) is 0 Å². The summed E-state index contributed by atoms with van der Waals surface area (Å²) in [6, 6.07) is 6.36. The molecule has 16 atom stereocenters. The van der Waals surface area contributed by atoms with Gasteiger partial charge < -0.3 is 48.5 Å². The number of aryl methyl sites for hydroxylation is 1. The second kappa shape index (κ2) is 23.3. The Labute approximate surface area is 453 Å². The number of carbonyl (C=O) groups excluding carboxylic acids is 4. The molecule has 1 amide bonds. The lowest BCUT2D eigenvalue weighted by atomic mass is 9.66. The number of nitro groups is 1. The fourth-order valence-electron chi connectivity index (χ4n) is 11.6. The molecule has 4 aliphatic heterocycles. The summed E-state index contributed by atoms with van der Waals surface area (Å²) in [7, 11) is 3.29. The molecule has 7 heterocycles. The van der Waals surface area contributed by atoms with E-state index in [1.54, 1.807) is 57.5 Å². The van der Waals surface area contributed by atoms with Crippen LogP contribution in [0.15, 0.2) is 67.5 Å². The Kier molecular flexibility index (Phi) is 17.4. The SMILES string of the molecule is CO[C@]1(C)C[C@@H](C)C(=O)[C@@H]2C(CCCn3cnc(-c4cccnc4)c3)N3C(=O)O[C@](C)([C@@H](I)OC(=O)[C@H](C)C(=O)[C@H](C)[C@H]1O[C@@H]1O[C@H](C)C[C@H](N(C)CCc4cn([C@H](CO)[C@H](O)c5ccc([N+](=O)[O-])cc5)nn4)[C@H]1O)[C@@H]23. The number of imidazole rings is 1. The average Bonchev–Trinajstić information content (AvgIpc) is 4.18. The minimum Gasteiger partial charge on any atom is -0.447 e. The standard InChI is InChI=1S/C52H68IN9O14/c1-28-22-51(5,72-8)46(74-48-44(67)38(21-29(2)73-48)58(7)20-17-34-24-60(57-56-34)39(26-63)43(66)32-13-15-35(16-14-32)62(70)71)30(3)42(65)31(4)47(68)75-49(53)52(6)45-40(41(28)64)37(61(45)50(69)76-52)12-10-19-59-25-36(55-27-59)33-11-9-18-54-23-33/h9,11,13-16,18,23-25,27-31,37-40,43-46,48-49,63,66-67H,10,12,17,19-22,26H2,1-8H3/t28-,29-,30+,31-,37?,38+,39-,40+,43-,44-,45-,46-,48+,49+,51-,52+/m1/s1. The van der Waals surface area contributed by atoms with Crippen molar-refractivity contribution in [1.82, 2.24) is 39.3 Å². The second-order valence-corrected chi connectivity index (χ2v) is 22.3. The van der Waals surface area contributed by atoms with Crippen molar-refractivity contribution < 1.29 is 63.1 Å². The molecular weight excluding hydrogens is 1100 g/mol. The maximum atomic E-state index is 15.2. The number of nitrogens with zero attached hydrogens (tertiary/aromatic N) is 9. The number of aliphatic hydroxyl groups is 3. The van der Waals surface area contributed by atoms with Crippen LogP contribution in [-0.4, -0.2) is 169 Å². The van der Waals surface area contributed by atoms with Crippen LogP contribution in [0.25, 0.3) is 11.3 Å². The highest BCUT2D eigenvalue weighted by Gasteiger charge is 2.70. The number of amides is 1. The minimum absolute atomic E-state index is 0.0507. The summed E-state index contributed by atoms with van der Waals surface area (Å²) < 4.78 is 33.7. The first-order chi connectivity index (χ1) is 36.1. The van der Waals surface area contributed by atoms with Gasteiger partial charge in [0.05, 0.1) is 59.0 Å². The molecule has 412 valence electrons. The van der Waals surface area contributed by atoms with Crippen LogP contribution in [0.3, 0.4) is 0 Å². The van der Waals surface area contributed by atoms with Crippen LogP contribution in [0.4, 0.5) is 10.5 Å². The Balaban J connectivity index is 0.989. The summed E-state index contributed by atoms with van der Waals surface area (Å²) in [5.74, 6) is -5.36. The number of halogens is 1. The molecule has 1 aromatic carbocycles. The zero-order valence-corrected chi connectivity index (χ0v) is 46.0. The van der Waals surface area contributed by atoms with Crippen LogP contribution in [-0.2, 0) is 51.0 Å². The van der Waals surface area contributed by atoms with Gasteiger partial charge in [0.1, 0.15) is 30.0 Å². The fourth-order valence-corrected chi connectivity index (χ4v) is 12.3. The van der Waals surface area contributed by atoms with Crippen LogP contribution in [0.5, 0.6) is 0 Å². The molecule has 8 rings (SSSR count). The summed E-state index contributed by atoms with van der Waals surface area (Å²) in [4.78, 5) is 80.3. The van der Waals surface area contributed by atoms with Gasteiger partial charge in [0.2, 0.25) is 0 Å². The van der Waals surface area contributed by atoms with Gasteiger partial charge in [-0.05, 0) is 113 Å². The summed E-state index contributed by atoms with van der Waals surface area (Å²) in [5.41, 5.74) is -0.446. The Hall–Kier alpha value is -5.35. The van der Waals surface area contributed by atoms with Crippen molar-refractivity contribution in [1.29, 1.82) is 0 Å². The van der Waals surface area contributed by atoms with Crippen molar-refractivity contribution in [3.8, 4) is 11.3 Å². The number of methoxy groups -OCH3 is 1. The maximum absolute atomic E-state index is 15.2. The Bertz CT molecular complexity index is 2710. The lowest BCUT2D eigenvalue weighted by molar-refractivity contribution is -0.384. The predicted molar refractivity (Wildman–Crippen MR) is 278 cm³/mol. The van der Waals surface area contributed by atoms with E-state index in [4.69, 9.17) is 23.7 Å². The topological polar surface area (TPSA) is 286 Å². The molecule has 24 heteroatoms. The third-order valence-electron chi connectivity index (χ3n) is 16.0. The van der Waals surface area contributed by atoms with E-state index in [9.17, 15) is 39.8 Å². The van der Waals surface area contributed by atoms with Crippen molar-refractivity contribution in [3.05, 3.63) is 88.9 Å². The number of aromatic nitrogens is 6. The second-order valence-electron chi connectivity index (χ2n) is 21.2. The number of esters is 1. The number of rotatable bonds is 17. The van der Waals surface area contributed by atoms with Gasteiger partial charge in [-0.3, -0.25) is 34.4 Å². The van der Waals surface area contributed by atoms with Gasteiger partial charge in [-0.15, -0.1) is 5.10 Å². The molecule has 0 radical (unpaired) electrons. The lowest BCUT2D eigenvalue weighted by Crippen LogP contribution is -2.71. The first kappa shape index (κ1) is 56.8. The van der Waals surface area contributed by atoms with Crippen molar-refractivity contribution in [2.45, 2.75) is 150 Å². The number of benzene rings is 1. The highest BCUT2D eigenvalue weighted by Crippen LogP contribution is 2.53. The minimum atomic E-state index is -1.43. The molecule has 1 unspecified atom stereocenters. The molecule has 4 saturated heterocycles. The molecule has 0 aliphatic carbocycles. The van der Waals surface area contributed by atoms with Gasteiger partial charge >= 0.3 is 12.1 Å². The first-order valence-corrected chi connectivity index (χ1v) is 26.9. The quantitative estimate of drug-likeness (QED) is 0.0324. The zero-order chi connectivity index (χ0) is 55.0. The molecule has 4 aromatic rings. The van der Waals surface area contributed by atoms with Crippen LogP contribution >= 0.6 is 22.6 Å². The molecule has 4 fully saturated rings. The molecule has 3 aromatic heterocycles. The van der Waals surface area contributed by atoms with E-state index >= 15 is 4.79 Å². The van der Waals surface area contributed by atoms with E-state index in [1.807, 2.05) is 64.4 Å². The number of Topliss-reactive ketones (excluding diaryl/α,β-unsaturated/α-hetero) is 2. The van der Waals surface area contributed by atoms with Crippen LogP contribution in [0.2, 0.25) is 0 Å². The van der Waals surface area contributed by atoms with E-state index in [1.165, 1.54) is 43.0 Å². The van der Waals surface area contributed by atoms with Crippen molar-refractivity contribution in [3.63, 3.8) is 0 Å². The number of ether oxygens (including phenoxy) is 5. The Morgan fingerprint density at radius 2 is 1.80 bits per heavy atom. The number of hydrogen-bond donors (Lipinski definition) is 3. The van der Waals surface area contributed by atoms with E-state index in [0.717, 1.165) is 11.3 Å². The zero-order valence-electron chi connectivity index (χ0n) is 43.8. The lowest BCUT2D eigenvalue weighted by Gasteiger charge is -2.54. The summed E-state index contributed by atoms with van der Waals surface area (Å²) in [6.07, 6.45) is 4.48. The van der Waals surface area contributed by atoms with Crippen molar-refractivity contribution >= 4 is 51.9 Å². The number of likely N-dealkylation sites (N-methyl/N-ethyl adjacent to an activating group) is 1. The maximum Gasteiger partial charge on any atom is 0.411 e. The molecular formula is C52H68IN9O14.